The molecule has 3 amide bonds. The zero-order valence-corrected chi connectivity index (χ0v) is 21.5. The van der Waals surface area contributed by atoms with Gasteiger partial charge in [0.05, 0.1) is 17.4 Å². The maximum absolute atomic E-state index is 14.1. The number of rotatable bonds is 7. The van der Waals surface area contributed by atoms with Gasteiger partial charge in [0.25, 0.3) is 0 Å². The molecule has 2 saturated heterocycles. The average molecular weight is 498 g/mol. The van der Waals surface area contributed by atoms with Crippen LogP contribution < -0.4 is 10.6 Å². The second kappa shape index (κ2) is 8.68. The van der Waals surface area contributed by atoms with Gasteiger partial charge in [-0.3, -0.25) is 14.4 Å². The molecule has 2 N–H and O–H groups in total. The molecule has 0 unspecified atom stereocenters. The van der Waals surface area contributed by atoms with E-state index >= 15 is 0 Å². The number of nitrogens with zero attached hydrogens (tertiary/aromatic N) is 1. The van der Waals surface area contributed by atoms with E-state index in [1.807, 2.05) is 39.8 Å². The van der Waals surface area contributed by atoms with Crippen LogP contribution in [0.5, 0.6) is 0 Å². The first-order valence-electron chi connectivity index (χ1n) is 13.1. The predicted molar refractivity (Wildman–Crippen MR) is 132 cm³/mol. The summed E-state index contributed by atoms with van der Waals surface area (Å²) in [7, 11) is 0. The topological polar surface area (TPSA) is 87.7 Å². The molecule has 5 rings (SSSR count). The summed E-state index contributed by atoms with van der Waals surface area (Å²) >= 11 is 0. The number of halogens is 1. The minimum Gasteiger partial charge on any atom is -0.356 e. The van der Waals surface area contributed by atoms with Gasteiger partial charge in [-0.15, -0.1) is 0 Å². The highest BCUT2D eigenvalue weighted by Gasteiger charge is 2.77. The van der Waals surface area contributed by atoms with E-state index in [4.69, 9.17) is 4.74 Å². The van der Waals surface area contributed by atoms with Crippen molar-refractivity contribution in [3.8, 4) is 0 Å². The highest BCUT2D eigenvalue weighted by molar-refractivity contribution is 6.00. The van der Waals surface area contributed by atoms with Gasteiger partial charge in [-0.25, -0.2) is 4.39 Å². The van der Waals surface area contributed by atoms with Crippen molar-refractivity contribution in [1.82, 2.24) is 15.5 Å². The molecule has 194 valence electrons. The molecule has 1 saturated carbocycles. The normalized spacial score (nSPS) is 33.3. The lowest BCUT2D eigenvalue weighted by Crippen LogP contribution is -2.60. The molecule has 1 aliphatic carbocycles. The summed E-state index contributed by atoms with van der Waals surface area (Å²) in [5.74, 6) is -2.66. The Bertz CT molecular complexity index is 1100. The third-order valence-corrected chi connectivity index (χ3v) is 8.83. The lowest BCUT2D eigenvalue weighted by atomic mass is 9.70. The van der Waals surface area contributed by atoms with Gasteiger partial charge in [0.2, 0.25) is 17.7 Å². The monoisotopic (exact) mass is 497 g/mol. The zero-order valence-electron chi connectivity index (χ0n) is 21.5. The molecule has 3 fully saturated rings. The van der Waals surface area contributed by atoms with Gasteiger partial charge < -0.3 is 20.3 Å². The standard InChI is InChI=1S/C28H36FN3O4/c1-5-26(2,3)32-22(24(34)31-19-8-6-7-9-19)28-15-14-27(4,36-28)20(21(28)25(32)35)23(33)30-16-17-10-12-18(29)13-11-17/h10-15,19-22H,5-9,16H2,1-4H3,(H,30,33)(H,31,34)/t20-,21+,22+,27-,28+/m1/s1. The van der Waals surface area contributed by atoms with Gasteiger partial charge >= 0.3 is 0 Å². The van der Waals surface area contributed by atoms with E-state index in [1.54, 1.807) is 17.0 Å². The van der Waals surface area contributed by atoms with Crippen molar-refractivity contribution in [3.63, 3.8) is 0 Å². The van der Waals surface area contributed by atoms with Crippen LogP contribution in [0.4, 0.5) is 4.39 Å². The van der Waals surface area contributed by atoms with Crippen LogP contribution in [-0.2, 0) is 25.7 Å². The van der Waals surface area contributed by atoms with Crippen molar-refractivity contribution in [2.75, 3.05) is 0 Å². The van der Waals surface area contributed by atoms with Crippen LogP contribution in [0.2, 0.25) is 0 Å². The van der Waals surface area contributed by atoms with Gasteiger partial charge in [0.15, 0.2) is 0 Å². The van der Waals surface area contributed by atoms with E-state index in [-0.39, 0.29) is 36.1 Å². The van der Waals surface area contributed by atoms with Crippen molar-refractivity contribution in [2.24, 2.45) is 11.8 Å². The molecule has 3 aliphatic heterocycles. The minimum absolute atomic E-state index is 0.0996. The molecule has 3 heterocycles. The molecule has 1 aromatic carbocycles. The Morgan fingerprint density at radius 3 is 2.44 bits per heavy atom. The maximum Gasteiger partial charge on any atom is 0.246 e. The Balaban J connectivity index is 1.47. The summed E-state index contributed by atoms with van der Waals surface area (Å²) in [4.78, 5) is 43.2. The van der Waals surface area contributed by atoms with E-state index in [2.05, 4.69) is 10.6 Å². The van der Waals surface area contributed by atoms with E-state index in [0.29, 0.717) is 6.42 Å². The minimum atomic E-state index is -1.20. The number of benzene rings is 1. The number of carbonyl (C=O) groups is 3. The molecule has 1 spiro atoms. The fraction of sp³-hybridized carbons (Fsp3) is 0.607. The van der Waals surface area contributed by atoms with Gasteiger partial charge in [0, 0.05) is 18.1 Å². The highest BCUT2D eigenvalue weighted by Crippen LogP contribution is 2.60. The van der Waals surface area contributed by atoms with Crippen molar-refractivity contribution in [1.29, 1.82) is 0 Å². The van der Waals surface area contributed by atoms with Crippen LogP contribution in [0, 0.1) is 17.7 Å². The number of ether oxygens (including phenoxy) is 1. The second-order valence-corrected chi connectivity index (χ2v) is 11.5. The molecule has 1 aromatic rings. The molecule has 36 heavy (non-hydrogen) atoms. The van der Waals surface area contributed by atoms with Gasteiger partial charge in [-0.1, -0.05) is 44.1 Å². The molecular weight excluding hydrogens is 461 g/mol. The number of fused-ring (bicyclic) bond motifs is 1. The molecule has 5 atom stereocenters. The second-order valence-electron chi connectivity index (χ2n) is 11.5. The van der Waals surface area contributed by atoms with Crippen LogP contribution >= 0.6 is 0 Å². The molecule has 8 heteroatoms. The van der Waals surface area contributed by atoms with Crippen LogP contribution in [0.25, 0.3) is 0 Å². The molecule has 7 nitrogen and oxygen atoms in total. The third-order valence-electron chi connectivity index (χ3n) is 8.83. The first-order chi connectivity index (χ1) is 17.0. The summed E-state index contributed by atoms with van der Waals surface area (Å²) in [5.41, 5.74) is -2.04. The van der Waals surface area contributed by atoms with Crippen LogP contribution in [0.3, 0.4) is 0 Å². The Hall–Kier alpha value is -2.74. The van der Waals surface area contributed by atoms with Crippen LogP contribution in [0.15, 0.2) is 36.4 Å². The summed E-state index contributed by atoms with van der Waals surface area (Å²) in [6.07, 6.45) is 8.37. The number of amides is 3. The van der Waals surface area contributed by atoms with E-state index < -0.39 is 34.6 Å². The van der Waals surface area contributed by atoms with Crippen molar-refractivity contribution < 1.29 is 23.5 Å². The molecule has 2 bridgehead atoms. The summed E-state index contributed by atoms with van der Waals surface area (Å²) in [5, 5.41) is 6.11. The lowest BCUT2D eigenvalue weighted by molar-refractivity contribution is -0.151. The number of likely N-dealkylation sites (tertiary alicyclic amines) is 1. The van der Waals surface area contributed by atoms with Crippen LogP contribution in [-0.4, -0.2) is 51.4 Å². The number of nitrogens with one attached hydrogen (secondary N) is 2. The first-order valence-corrected chi connectivity index (χ1v) is 13.1. The molecular formula is C28H36FN3O4. The van der Waals surface area contributed by atoms with Gasteiger partial charge in [0.1, 0.15) is 17.5 Å². The van der Waals surface area contributed by atoms with Crippen molar-refractivity contribution in [3.05, 3.63) is 47.8 Å². The Morgan fingerprint density at radius 2 is 1.81 bits per heavy atom. The molecule has 0 aromatic heterocycles. The Morgan fingerprint density at radius 1 is 1.14 bits per heavy atom. The fourth-order valence-electron chi connectivity index (χ4n) is 6.61. The zero-order chi connectivity index (χ0) is 25.9. The summed E-state index contributed by atoms with van der Waals surface area (Å²) in [6.45, 7) is 7.93. The average Bonchev–Trinajstić information content (AvgIpc) is 3.58. The summed E-state index contributed by atoms with van der Waals surface area (Å²) < 4.78 is 19.8. The van der Waals surface area contributed by atoms with Crippen molar-refractivity contribution in [2.45, 2.75) is 95.2 Å². The number of hydrogen-bond acceptors (Lipinski definition) is 4. The highest BCUT2D eigenvalue weighted by atomic mass is 19.1. The molecule has 4 aliphatic rings. The maximum atomic E-state index is 14.1. The quantitative estimate of drug-likeness (QED) is 0.567. The Labute approximate surface area is 211 Å². The Kier molecular flexibility index (Phi) is 6.01. The summed E-state index contributed by atoms with van der Waals surface area (Å²) in [6, 6.07) is 5.18. The first kappa shape index (κ1) is 24.9. The van der Waals surface area contributed by atoms with Crippen molar-refractivity contribution >= 4 is 17.7 Å². The van der Waals surface area contributed by atoms with E-state index in [1.165, 1.54) is 12.1 Å². The smallest absolute Gasteiger partial charge is 0.246 e. The van der Waals surface area contributed by atoms with Gasteiger partial charge in [-0.05, 0) is 57.7 Å². The SMILES string of the molecule is CCC(C)(C)N1C(=O)[C@@H]2[C@H](C(=O)NCc3ccc(F)cc3)[C@@]3(C)C=C[C@@]2(O3)[C@@H]1C(=O)NC1CCCC1. The molecule has 0 radical (unpaired) electrons. The van der Waals surface area contributed by atoms with E-state index in [9.17, 15) is 18.8 Å². The fourth-order valence-corrected chi connectivity index (χ4v) is 6.61. The number of hydrogen-bond donors (Lipinski definition) is 2. The van der Waals surface area contributed by atoms with Gasteiger partial charge in [-0.2, -0.15) is 0 Å². The number of carbonyl (C=O) groups excluding carboxylic acids is 3. The van der Waals surface area contributed by atoms with E-state index in [0.717, 1.165) is 31.2 Å². The third kappa shape index (κ3) is 3.76. The lowest BCUT2D eigenvalue weighted by Gasteiger charge is -2.42. The largest absolute Gasteiger partial charge is 0.356 e. The van der Waals surface area contributed by atoms with Crippen LogP contribution in [0.1, 0.15) is 65.4 Å². The predicted octanol–water partition coefficient (Wildman–Crippen LogP) is 3.23.